The van der Waals surface area contributed by atoms with Gasteiger partial charge in [-0.05, 0) is 25.0 Å². The number of carbonyl (C=O) groups excluding carboxylic acids is 1. The number of nitrogens with one attached hydrogen (secondary N) is 1. The Kier molecular flexibility index (Phi) is 4.52. The Bertz CT molecular complexity index is 566. The highest BCUT2D eigenvalue weighted by Gasteiger charge is 2.06. The SMILES string of the molecule is Cc1nc(CNC(=O)CCc2ccccc2O)cs1. The average Bonchev–Trinajstić information content (AvgIpc) is 2.81. The molecule has 0 atom stereocenters. The van der Waals surface area contributed by atoms with Crippen molar-refractivity contribution in [2.45, 2.75) is 26.3 Å². The minimum absolute atomic E-state index is 0.0334. The number of amides is 1. The summed E-state index contributed by atoms with van der Waals surface area (Å²) in [5, 5.41) is 15.4. The van der Waals surface area contributed by atoms with Crippen LogP contribution in [0.3, 0.4) is 0 Å². The Balaban J connectivity index is 1.77. The molecule has 2 N–H and O–H groups in total. The van der Waals surface area contributed by atoms with Gasteiger partial charge in [-0.3, -0.25) is 4.79 Å². The zero-order valence-electron chi connectivity index (χ0n) is 10.7. The van der Waals surface area contributed by atoms with Crippen molar-refractivity contribution in [1.82, 2.24) is 10.3 Å². The molecule has 0 radical (unpaired) electrons. The molecule has 2 rings (SSSR count). The summed E-state index contributed by atoms with van der Waals surface area (Å²) >= 11 is 1.57. The van der Waals surface area contributed by atoms with Crippen LogP contribution in [0.15, 0.2) is 29.6 Å². The van der Waals surface area contributed by atoms with Gasteiger partial charge < -0.3 is 10.4 Å². The molecule has 1 aromatic heterocycles. The summed E-state index contributed by atoms with van der Waals surface area (Å²) in [5.41, 5.74) is 1.68. The number of aromatic hydroxyl groups is 1. The number of thiazole rings is 1. The number of hydrogen-bond donors (Lipinski definition) is 2. The van der Waals surface area contributed by atoms with Crippen molar-refractivity contribution in [3.05, 3.63) is 45.9 Å². The summed E-state index contributed by atoms with van der Waals surface area (Å²) in [6.45, 7) is 2.40. The van der Waals surface area contributed by atoms with Gasteiger partial charge in [0.25, 0.3) is 0 Å². The second-order valence-electron chi connectivity index (χ2n) is 4.26. The molecule has 1 heterocycles. The first-order valence-corrected chi connectivity index (χ1v) is 6.97. The summed E-state index contributed by atoms with van der Waals surface area (Å²) in [5.74, 6) is 0.208. The fourth-order valence-electron chi connectivity index (χ4n) is 1.74. The Morgan fingerprint density at radius 3 is 2.89 bits per heavy atom. The van der Waals surface area contributed by atoms with E-state index in [9.17, 15) is 9.90 Å². The van der Waals surface area contributed by atoms with E-state index in [-0.39, 0.29) is 11.7 Å². The van der Waals surface area contributed by atoms with E-state index in [0.29, 0.717) is 19.4 Å². The van der Waals surface area contributed by atoms with Crippen LogP contribution in [-0.4, -0.2) is 16.0 Å². The first kappa shape index (κ1) is 13.5. The van der Waals surface area contributed by atoms with E-state index < -0.39 is 0 Å². The van der Waals surface area contributed by atoms with E-state index in [2.05, 4.69) is 10.3 Å². The minimum atomic E-state index is -0.0334. The molecule has 0 saturated carbocycles. The van der Waals surface area contributed by atoms with Gasteiger partial charge in [-0.1, -0.05) is 18.2 Å². The minimum Gasteiger partial charge on any atom is -0.508 e. The summed E-state index contributed by atoms with van der Waals surface area (Å²) in [6.07, 6.45) is 0.898. The van der Waals surface area contributed by atoms with Gasteiger partial charge in [-0.25, -0.2) is 4.98 Å². The predicted molar refractivity (Wildman–Crippen MR) is 75.1 cm³/mol. The molecule has 1 amide bonds. The van der Waals surface area contributed by atoms with Crippen LogP contribution >= 0.6 is 11.3 Å². The summed E-state index contributed by atoms with van der Waals surface area (Å²) in [7, 11) is 0. The maximum Gasteiger partial charge on any atom is 0.220 e. The molecule has 1 aromatic carbocycles. The summed E-state index contributed by atoms with van der Waals surface area (Å²) in [4.78, 5) is 16.0. The molecule has 2 aromatic rings. The maximum atomic E-state index is 11.7. The normalized spacial score (nSPS) is 10.4. The molecule has 5 heteroatoms. The van der Waals surface area contributed by atoms with Crippen molar-refractivity contribution in [3.8, 4) is 5.75 Å². The van der Waals surface area contributed by atoms with E-state index in [1.807, 2.05) is 24.4 Å². The zero-order valence-corrected chi connectivity index (χ0v) is 11.5. The predicted octanol–water partition coefficient (Wildman–Crippen LogP) is 2.41. The van der Waals surface area contributed by atoms with Crippen molar-refractivity contribution in [3.63, 3.8) is 0 Å². The van der Waals surface area contributed by atoms with E-state index in [0.717, 1.165) is 16.3 Å². The lowest BCUT2D eigenvalue weighted by Crippen LogP contribution is -2.23. The second-order valence-corrected chi connectivity index (χ2v) is 5.33. The smallest absolute Gasteiger partial charge is 0.220 e. The molecule has 0 aliphatic rings. The molecule has 19 heavy (non-hydrogen) atoms. The van der Waals surface area contributed by atoms with E-state index in [4.69, 9.17) is 0 Å². The van der Waals surface area contributed by atoms with Gasteiger partial charge in [0.15, 0.2) is 0 Å². The molecule has 0 bridgehead atoms. The number of carbonyl (C=O) groups is 1. The molecular formula is C14H16N2O2S. The van der Waals surface area contributed by atoms with Crippen molar-refractivity contribution in [2.24, 2.45) is 0 Å². The third-order valence-electron chi connectivity index (χ3n) is 2.75. The molecule has 0 aliphatic heterocycles. The largest absolute Gasteiger partial charge is 0.508 e. The second kappa shape index (κ2) is 6.33. The van der Waals surface area contributed by atoms with Crippen molar-refractivity contribution < 1.29 is 9.90 Å². The van der Waals surface area contributed by atoms with Crippen LogP contribution in [0, 0.1) is 6.92 Å². The van der Waals surface area contributed by atoms with Crippen LogP contribution in [0.2, 0.25) is 0 Å². The first-order valence-electron chi connectivity index (χ1n) is 6.10. The highest BCUT2D eigenvalue weighted by molar-refractivity contribution is 7.09. The number of phenols is 1. The first-order chi connectivity index (χ1) is 9.15. The van der Waals surface area contributed by atoms with Gasteiger partial charge in [0.2, 0.25) is 5.91 Å². The van der Waals surface area contributed by atoms with Crippen LogP contribution in [-0.2, 0) is 17.8 Å². The number of hydrogen-bond acceptors (Lipinski definition) is 4. The molecule has 4 nitrogen and oxygen atoms in total. The molecule has 100 valence electrons. The lowest BCUT2D eigenvalue weighted by atomic mass is 10.1. The van der Waals surface area contributed by atoms with Crippen LogP contribution in [0.1, 0.15) is 22.7 Å². The number of aromatic nitrogens is 1. The molecule has 0 aliphatic carbocycles. The average molecular weight is 276 g/mol. The number of para-hydroxylation sites is 1. The highest BCUT2D eigenvalue weighted by atomic mass is 32.1. The van der Waals surface area contributed by atoms with Gasteiger partial charge >= 0.3 is 0 Å². The highest BCUT2D eigenvalue weighted by Crippen LogP contribution is 2.17. The molecule has 0 spiro atoms. The quantitative estimate of drug-likeness (QED) is 0.881. The van der Waals surface area contributed by atoms with Gasteiger partial charge in [-0.2, -0.15) is 0 Å². The van der Waals surface area contributed by atoms with Crippen LogP contribution in [0.4, 0.5) is 0 Å². The van der Waals surface area contributed by atoms with Gasteiger partial charge in [0.1, 0.15) is 5.75 Å². The number of rotatable bonds is 5. The molecule has 0 fully saturated rings. The Labute approximate surface area is 116 Å². The van der Waals surface area contributed by atoms with Crippen molar-refractivity contribution in [2.75, 3.05) is 0 Å². The Hall–Kier alpha value is -1.88. The van der Waals surface area contributed by atoms with Crippen molar-refractivity contribution in [1.29, 1.82) is 0 Å². The number of phenolic OH excluding ortho intramolecular Hbond substituents is 1. The molecular weight excluding hydrogens is 260 g/mol. The lowest BCUT2D eigenvalue weighted by molar-refractivity contribution is -0.121. The fourth-order valence-corrected chi connectivity index (χ4v) is 2.35. The standard InChI is InChI=1S/C14H16N2O2S/c1-10-16-12(9-19-10)8-15-14(18)7-6-11-4-2-3-5-13(11)17/h2-5,9,17H,6-8H2,1H3,(H,15,18). The summed E-state index contributed by atoms with van der Waals surface area (Å²) < 4.78 is 0. The third-order valence-corrected chi connectivity index (χ3v) is 3.57. The van der Waals surface area contributed by atoms with Gasteiger partial charge in [0.05, 0.1) is 17.2 Å². The zero-order chi connectivity index (χ0) is 13.7. The van der Waals surface area contributed by atoms with E-state index in [1.165, 1.54) is 0 Å². The van der Waals surface area contributed by atoms with Crippen LogP contribution in [0.25, 0.3) is 0 Å². The van der Waals surface area contributed by atoms with Gasteiger partial charge in [-0.15, -0.1) is 11.3 Å². The van der Waals surface area contributed by atoms with Crippen LogP contribution in [0.5, 0.6) is 5.75 Å². The number of benzene rings is 1. The number of aryl methyl sites for hydroxylation is 2. The topological polar surface area (TPSA) is 62.2 Å². The summed E-state index contributed by atoms with van der Waals surface area (Å²) in [6, 6.07) is 7.08. The van der Waals surface area contributed by atoms with Gasteiger partial charge in [0, 0.05) is 11.8 Å². The van der Waals surface area contributed by atoms with E-state index in [1.54, 1.807) is 23.5 Å². The lowest BCUT2D eigenvalue weighted by Gasteiger charge is -2.05. The number of nitrogens with zero attached hydrogens (tertiary/aromatic N) is 1. The maximum absolute atomic E-state index is 11.7. The molecule has 0 saturated heterocycles. The monoisotopic (exact) mass is 276 g/mol. The van der Waals surface area contributed by atoms with Crippen LogP contribution < -0.4 is 5.32 Å². The van der Waals surface area contributed by atoms with Crippen molar-refractivity contribution >= 4 is 17.2 Å². The third kappa shape index (κ3) is 4.06. The fraction of sp³-hybridized carbons (Fsp3) is 0.286. The van der Waals surface area contributed by atoms with E-state index >= 15 is 0 Å². The molecule has 0 unspecified atom stereocenters. The Morgan fingerprint density at radius 1 is 1.42 bits per heavy atom. The Morgan fingerprint density at radius 2 is 2.21 bits per heavy atom.